The van der Waals surface area contributed by atoms with Crippen LogP contribution in [0, 0.1) is 0 Å². The van der Waals surface area contributed by atoms with Crippen LogP contribution in [0.1, 0.15) is 15.1 Å². The molecule has 0 N–H and O–H groups in total. The van der Waals surface area contributed by atoms with Crippen LogP contribution < -0.4 is 0 Å². The van der Waals surface area contributed by atoms with E-state index in [0.717, 1.165) is 0 Å². The van der Waals surface area contributed by atoms with Gasteiger partial charge in [0.05, 0.1) is 8.46 Å². The molecular weight excluding hydrogens is 192 g/mol. The Bertz CT molecular complexity index is 307. The van der Waals surface area contributed by atoms with Gasteiger partial charge >= 0.3 is 5.97 Å². The molecule has 13 heavy (non-hydrogen) atoms. The summed E-state index contributed by atoms with van der Waals surface area (Å²) in [5.74, 6) is -1.04. The molecule has 0 saturated carbocycles. The van der Waals surface area contributed by atoms with Crippen molar-refractivity contribution < 1.29 is 35.3 Å². The zero-order valence-corrected chi connectivity index (χ0v) is 6.24. The van der Waals surface area contributed by atoms with Crippen LogP contribution >= 0.6 is 0 Å². The van der Waals surface area contributed by atoms with Crippen LogP contribution in [0.15, 0.2) is 12.2 Å². The summed E-state index contributed by atoms with van der Waals surface area (Å²) in [6.45, 7) is 0.503. The molecule has 0 bridgehead atoms. The number of rotatable bonds is 2. The smallest absolute Gasteiger partial charge is 0.332 e. The highest BCUT2D eigenvalue weighted by Gasteiger charge is 2.15. The third-order valence-corrected chi connectivity index (χ3v) is 0.520. The monoisotopic (exact) mass is 208 g/mol. The maximum atomic E-state index is 11.0. The lowest BCUT2D eigenvalue weighted by Crippen LogP contribution is -2.02. The third kappa shape index (κ3) is 10.9. The second-order valence-corrected chi connectivity index (χ2v) is 1.43. The van der Waals surface area contributed by atoms with Crippen LogP contribution in [-0.2, 0) is 9.53 Å². The molecule has 0 spiro atoms. The first-order chi connectivity index (χ1) is 8.14. The van der Waals surface area contributed by atoms with Gasteiger partial charge in [-0.15, -0.1) is 0 Å². The summed E-state index contributed by atoms with van der Waals surface area (Å²) in [6, 6.07) is 0. The predicted molar refractivity (Wildman–Crippen MR) is 38.8 cm³/mol. The van der Waals surface area contributed by atoms with Gasteiger partial charge in [0.2, 0.25) is 0 Å². The Morgan fingerprint density at radius 2 is 1.92 bits per heavy atom. The normalized spacial score (nSPS) is 18.5. The lowest BCUT2D eigenvalue weighted by Gasteiger charge is -1.91. The maximum absolute atomic E-state index is 11.0. The number of methoxy groups -OCH3 is 1. The van der Waals surface area contributed by atoms with Crippen molar-refractivity contribution in [1.82, 2.24) is 0 Å². The van der Waals surface area contributed by atoms with Gasteiger partial charge in [0.15, 0.2) is 0 Å². The van der Waals surface area contributed by atoms with Crippen molar-refractivity contribution in [3.63, 3.8) is 0 Å². The molecule has 6 heteroatoms. The van der Waals surface area contributed by atoms with Gasteiger partial charge in [-0.05, 0) is 6.85 Å². The van der Waals surface area contributed by atoms with E-state index in [1.54, 1.807) is 0 Å². The largest absolute Gasteiger partial charge is 0.466 e. The van der Waals surface area contributed by atoms with Gasteiger partial charge in [0.1, 0.15) is 2.74 Å². The third-order valence-electron chi connectivity index (χ3n) is 0.520. The Morgan fingerprint density at radius 3 is 2.15 bits per heavy atom. The highest BCUT2D eigenvalue weighted by molar-refractivity contribution is 5.86. The number of alkyl halides is 4. The van der Waals surface area contributed by atoms with Gasteiger partial charge in [-0.3, -0.25) is 0 Å². The van der Waals surface area contributed by atoms with Crippen LogP contribution in [0.5, 0.6) is 0 Å². The lowest BCUT2D eigenvalue weighted by atomic mass is 10.4. The topological polar surface area (TPSA) is 26.3 Å². The van der Waals surface area contributed by atoms with E-state index < -0.39 is 38.3 Å². The molecular formula is C7H10F4O2. The van der Waals surface area contributed by atoms with Crippen LogP contribution in [0.4, 0.5) is 17.6 Å². The Hall–Kier alpha value is -1.07. The quantitative estimate of drug-likeness (QED) is 0.395. The van der Waals surface area contributed by atoms with Crippen molar-refractivity contribution in [2.45, 2.75) is 19.7 Å². The molecule has 0 aromatic heterocycles. The van der Waals surface area contributed by atoms with Crippen LogP contribution in [0.25, 0.3) is 0 Å². The number of halogens is 4. The molecule has 0 amide bonds. The number of ether oxygens (including phenoxy) is 1. The SMILES string of the molecule is [2H]C(F)(F)C([2H])(F)F.[2H]COC(=O)C(=C)C([2H])([2H])[2H]. The zero-order chi connectivity index (χ0) is 16.1. The van der Waals surface area contributed by atoms with Crippen molar-refractivity contribution in [3.05, 3.63) is 12.2 Å². The molecule has 0 saturated heterocycles. The predicted octanol–water partition coefficient (Wildman–Crippen LogP) is 2.25. The fourth-order valence-electron chi connectivity index (χ4n) is 0.0871. The van der Waals surface area contributed by atoms with Crippen LogP contribution in [0.3, 0.4) is 0 Å². The second kappa shape index (κ2) is 7.57. The minimum absolute atomic E-state index is 0.589. The van der Waals surface area contributed by atoms with Gasteiger partial charge in [-0.25, -0.2) is 22.4 Å². The fraction of sp³-hybridized carbons (Fsp3) is 0.571. The summed E-state index contributed by atoms with van der Waals surface area (Å²) in [5, 5.41) is 0. The molecule has 0 aliphatic carbocycles. The van der Waals surface area contributed by atoms with Crippen molar-refractivity contribution in [2.24, 2.45) is 0 Å². The molecule has 2 nitrogen and oxygen atoms in total. The van der Waals surface area contributed by atoms with E-state index in [0.29, 0.717) is 0 Å². The number of carbonyl (C=O) groups is 1. The number of carbonyl (C=O) groups excluding carboxylic acids is 1. The van der Waals surface area contributed by atoms with Crippen LogP contribution in [0.2, 0.25) is 0 Å². The Morgan fingerprint density at radius 1 is 1.46 bits per heavy atom. The van der Waals surface area contributed by atoms with E-state index in [4.69, 9.17) is 8.22 Å². The van der Waals surface area contributed by atoms with E-state index >= 15 is 0 Å². The zero-order valence-electron chi connectivity index (χ0n) is 12.2. The summed E-state index contributed by atoms with van der Waals surface area (Å²) >= 11 is 0. The average Bonchev–Trinajstić information content (AvgIpc) is 2.13. The molecule has 0 fully saturated rings. The first-order valence-corrected chi connectivity index (χ1v) is 2.56. The number of esters is 1. The first-order valence-electron chi connectivity index (χ1n) is 5.76. The highest BCUT2D eigenvalue weighted by atomic mass is 19.3. The van der Waals surface area contributed by atoms with Gasteiger partial charge in [-0.2, -0.15) is 0 Å². The molecule has 0 radical (unpaired) electrons. The average molecular weight is 208 g/mol. The lowest BCUT2D eigenvalue weighted by molar-refractivity contribution is -0.136. The Balaban J connectivity index is 0. The molecule has 0 aliphatic rings. The summed E-state index contributed by atoms with van der Waals surface area (Å²) < 4.78 is 85.2. The van der Waals surface area contributed by atoms with E-state index in [9.17, 15) is 22.4 Å². The van der Waals surface area contributed by atoms with Crippen molar-refractivity contribution in [1.29, 1.82) is 0 Å². The van der Waals surface area contributed by atoms with E-state index in [-0.39, 0.29) is 0 Å². The summed E-state index contributed by atoms with van der Waals surface area (Å²) in [7, 11) is -0.589. The molecule has 0 aliphatic heterocycles. The molecule has 0 atom stereocenters. The van der Waals surface area contributed by atoms with Crippen molar-refractivity contribution in [3.8, 4) is 0 Å². The molecule has 0 unspecified atom stereocenters. The number of hydrogen-bond acceptors (Lipinski definition) is 2. The molecule has 0 aromatic rings. The van der Waals surface area contributed by atoms with Crippen LogP contribution in [-0.4, -0.2) is 25.9 Å². The minimum atomic E-state index is -4.98. The van der Waals surface area contributed by atoms with Gasteiger partial charge < -0.3 is 4.74 Å². The highest BCUT2D eigenvalue weighted by Crippen LogP contribution is 2.04. The van der Waals surface area contributed by atoms with Gasteiger partial charge in [0.25, 0.3) is 12.8 Å². The summed E-state index contributed by atoms with van der Waals surface area (Å²) in [4.78, 5) is 10.6. The van der Waals surface area contributed by atoms with Gasteiger partial charge in [-0.1, -0.05) is 6.58 Å². The van der Waals surface area contributed by atoms with E-state index in [1.807, 2.05) is 0 Å². The molecule has 78 valence electrons. The van der Waals surface area contributed by atoms with Gasteiger partial charge in [0, 0.05) is 9.69 Å². The molecule has 0 heterocycles. The van der Waals surface area contributed by atoms with Crippen molar-refractivity contribution in [2.75, 3.05) is 7.09 Å². The van der Waals surface area contributed by atoms with E-state index in [2.05, 4.69) is 11.3 Å². The second-order valence-electron chi connectivity index (χ2n) is 1.43. The standard InChI is InChI=1S/C5H8O2.C2H2F4/c1-4(2)5(6)7-3;3-1(4)2(5)6/h1H2,2-3H3;1-2H/i2D3,3D;1D,2D. The Kier molecular flexibility index (Phi) is 3.27. The fourth-order valence-corrected chi connectivity index (χ4v) is 0.0871. The Labute approximate surface area is 81.6 Å². The summed E-state index contributed by atoms with van der Waals surface area (Å²) in [6.07, 6.45) is -9.96. The van der Waals surface area contributed by atoms with E-state index in [1.165, 1.54) is 0 Å². The minimum Gasteiger partial charge on any atom is -0.466 e. The number of hydrogen-bond donors (Lipinski definition) is 0. The summed E-state index contributed by atoms with van der Waals surface area (Å²) in [5.41, 5.74) is -0.593. The maximum Gasteiger partial charge on any atom is 0.332 e. The van der Waals surface area contributed by atoms with Crippen molar-refractivity contribution >= 4 is 5.97 Å². The molecule has 0 aromatic carbocycles. The molecule has 0 rings (SSSR count). The first kappa shape index (κ1) is 5.62.